The van der Waals surface area contributed by atoms with E-state index in [1.807, 2.05) is 69.3 Å². The third-order valence-corrected chi connectivity index (χ3v) is 8.46. The van der Waals surface area contributed by atoms with Crippen LogP contribution in [-0.4, -0.2) is 36.9 Å². The van der Waals surface area contributed by atoms with Crippen molar-refractivity contribution in [1.29, 1.82) is 0 Å². The van der Waals surface area contributed by atoms with Gasteiger partial charge >= 0.3 is 0 Å². The summed E-state index contributed by atoms with van der Waals surface area (Å²) < 4.78 is 34.1. The molecule has 1 aliphatic heterocycles. The predicted molar refractivity (Wildman–Crippen MR) is 137 cm³/mol. The number of benzene rings is 2. The van der Waals surface area contributed by atoms with E-state index in [0.717, 1.165) is 27.9 Å². The molecule has 1 N–H and O–H groups in total. The number of para-hydroxylation sites is 1. The van der Waals surface area contributed by atoms with E-state index >= 15 is 0 Å². The fraction of sp³-hybridized carbons (Fsp3) is 0.333. The van der Waals surface area contributed by atoms with Crippen molar-refractivity contribution in [2.45, 2.75) is 45.4 Å². The van der Waals surface area contributed by atoms with Crippen LogP contribution in [0.2, 0.25) is 0 Å². The number of piperidine rings is 1. The predicted octanol–water partition coefficient (Wildman–Crippen LogP) is 5.12. The summed E-state index contributed by atoms with van der Waals surface area (Å²) in [6, 6.07) is 13.6. The third kappa shape index (κ3) is 5.39. The van der Waals surface area contributed by atoms with Crippen LogP contribution < -0.4 is 5.32 Å². The van der Waals surface area contributed by atoms with Crippen LogP contribution in [0, 0.1) is 33.6 Å². The Hall–Kier alpha value is -3.23. The number of aromatic nitrogens is 1. The average molecular weight is 494 g/mol. The molecule has 0 saturated carbocycles. The first kappa shape index (κ1) is 24.9. The zero-order valence-corrected chi connectivity index (χ0v) is 21.4. The second-order valence-electron chi connectivity index (χ2n) is 9.16. The van der Waals surface area contributed by atoms with Crippen molar-refractivity contribution in [2.75, 3.05) is 18.4 Å². The van der Waals surface area contributed by atoms with Crippen molar-refractivity contribution in [3.05, 3.63) is 76.2 Å². The van der Waals surface area contributed by atoms with Gasteiger partial charge in [0.1, 0.15) is 5.69 Å². The molecule has 1 aromatic heterocycles. The van der Waals surface area contributed by atoms with Crippen molar-refractivity contribution >= 4 is 33.8 Å². The van der Waals surface area contributed by atoms with E-state index in [0.29, 0.717) is 25.1 Å². The molecule has 8 heteroatoms. The number of carbonyl (C=O) groups is 1. The molecular weight excluding hydrogens is 462 g/mol. The van der Waals surface area contributed by atoms with Gasteiger partial charge in [0.25, 0.3) is 0 Å². The minimum Gasteiger partial charge on any atom is -0.355 e. The Balaban J connectivity index is 1.56. The Morgan fingerprint density at radius 3 is 2.63 bits per heavy atom. The fourth-order valence-electron chi connectivity index (χ4n) is 4.36. The van der Waals surface area contributed by atoms with Gasteiger partial charge in [-0.25, -0.2) is 8.42 Å². The number of hydrogen-bond donors (Lipinski definition) is 1. The summed E-state index contributed by atoms with van der Waals surface area (Å²) in [4.78, 5) is 13.0. The molecular formula is C27H31N3O4S. The van der Waals surface area contributed by atoms with Crippen molar-refractivity contribution < 1.29 is 17.7 Å². The Labute approximate surface area is 206 Å². The molecule has 1 amide bonds. The quantitative estimate of drug-likeness (QED) is 0.515. The molecule has 7 nitrogen and oxygen atoms in total. The Morgan fingerprint density at radius 1 is 1.09 bits per heavy atom. The smallest absolute Gasteiger partial charge is 0.248 e. The van der Waals surface area contributed by atoms with Crippen LogP contribution in [0.4, 0.5) is 5.69 Å². The molecule has 184 valence electrons. The van der Waals surface area contributed by atoms with Gasteiger partial charge < -0.3 is 9.84 Å². The minimum atomic E-state index is -3.90. The van der Waals surface area contributed by atoms with Crippen molar-refractivity contribution in [1.82, 2.24) is 9.46 Å². The molecule has 1 aliphatic rings. The number of anilines is 1. The highest BCUT2D eigenvalue weighted by Gasteiger charge is 2.37. The molecule has 4 rings (SSSR count). The maximum atomic E-state index is 13.7. The third-order valence-electron chi connectivity index (χ3n) is 6.44. The van der Waals surface area contributed by atoms with Crippen LogP contribution in [0.15, 0.2) is 51.9 Å². The normalized spacial score (nSPS) is 17.1. The maximum absolute atomic E-state index is 13.7. The molecule has 2 heterocycles. The second-order valence-corrected chi connectivity index (χ2v) is 11.0. The molecule has 0 unspecified atom stereocenters. The van der Waals surface area contributed by atoms with E-state index in [1.54, 1.807) is 13.0 Å². The lowest BCUT2D eigenvalue weighted by atomic mass is 9.98. The highest BCUT2D eigenvalue weighted by molar-refractivity contribution is 7.89. The molecule has 1 saturated heterocycles. The van der Waals surface area contributed by atoms with Crippen LogP contribution in [0.25, 0.3) is 12.2 Å². The Bertz CT molecular complexity index is 1370. The van der Waals surface area contributed by atoms with E-state index in [1.165, 1.54) is 4.31 Å². The van der Waals surface area contributed by atoms with Crippen LogP contribution in [0.1, 0.15) is 46.5 Å². The highest BCUT2D eigenvalue weighted by Crippen LogP contribution is 2.30. The monoisotopic (exact) mass is 493 g/mol. The summed E-state index contributed by atoms with van der Waals surface area (Å²) in [6.07, 6.45) is 4.73. The zero-order chi connectivity index (χ0) is 25.2. The molecule has 3 aromatic rings. The number of aryl methyl sites for hydroxylation is 4. The van der Waals surface area contributed by atoms with E-state index in [-0.39, 0.29) is 23.1 Å². The first-order chi connectivity index (χ1) is 16.7. The highest BCUT2D eigenvalue weighted by atomic mass is 32.2. The number of carbonyl (C=O) groups excluding carboxylic acids is 1. The topological polar surface area (TPSA) is 92.5 Å². The number of sulfonamides is 1. The summed E-state index contributed by atoms with van der Waals surface area (Å²) in [5.74, 6) is -0.418. The van der Waals surface area contributed by atoms with Gasteiger partial charge in [-0.3, -0.25) is 4.79 Å². The van der Waals surface area contributed by atoms with Crippen molar-refractivity contribution in [2.24, 2.45) is 5.92 Å². The fourth-order valence-corrected chi connectivity index (χ4v) is 6.13. The molecule has 0 aliphatic carbocycles. The number of amides is 1. The molecule has 35 heavy (non-hydrogen) atoms. The van der Waals surface area contributed by atoms with Gasteiger partial charge in [-0.15, -0.1) is 0 Å². The Morgan fingerprint density at radius 2 is 1.86 bits per heavy atom. The molecule has 0 spiro atoms. The lowest BCUT2D eigenvalue weighted by molar-refractivity contribution is -0.120. The van der Waals surface area contributed by atoms with E-state index in [9.17, 15) is 13.2 Å². The molecule has 0 bridgehead atoms. The molecule has 0 radical (unpaired) electrons. The number of nitrogens with zero attached hydrogens (tertiary/aromatic N) is 2. The molecule has 2 aromatic carbocycles. The van der Waals surface area contributed by atoms with Crippen LogP contribution in [0.5, 0.6) is 0 Å². The van der Waals surface area contributed by atoms with Gasteiger partial charge in [-0.2, -0.15) is 4.31 Å². The van der Waals surface area contributed by atoms with Crippen LogP contribution >= 0.6 is 0 Å². The summed E-state index contributed by atoms with van der Waals surface area (Å²) in [5, 5.41) is 6.89. The number of hydrogen-bond acceptors (Lipinski definition) is 5. The van der Waals surface area contributed by atoms with Crippen molar-refractivity contribution in [3.8, 4) is 0 Å². The summed E-state index contributed by atoms with van der Waals surface area (Å²) in [6.45, 7) is 8.02. The summed E-state index contributed by atoms with van der Waals surface area (Å²) in [7, 11) is -3.90. The SMILES string of the molecule is Cc1ccc(C)c(/C=C/c2onc(C)c2S(=O)(=O)N2CCC[C@@H](C(=O)Nc3ccccc3C)C2)c1. The number of nitrogens with one attached hydrogen (secondary N) is 1. The number of rotatable bonds is 6. The van der Waals surface area contributed by atoms with Crippen LogP contribution in [0.3, 0.4) is 0 Å². The van der Waals surface area contributed by atoms with Gasteiger partial charge in [-0.1, -0.05) is 53.2 Å². The maximum Gasteiger partial charge on any atom is 0.248 e. The van der Waals surface area contributed by atoms with Gasteiger partial charge in [0.2, 0.25) is 15.9 Å². The molecule has 1 atom stereocenters. The summed E-state index contributed by atoms with van der Waals surface area (Å²) >= 11 is 0. The van der Waals surface area contributed by atoms with Gasteiger partial charge in [0.05, 0.1) is 5.92 Å². The second kappa shape index (κ2) is 10.2. The van der Waals surface area contributed by atoms with Gasteiger partial charge in [0.15, 0.2) is 10.7 Å². The van der Waals surface area contributed by atoms with Gasteiger partial charge in [0, 0.05) is 18.8 Å². The van der Waals surface area contributed by atoms with Crippen molar-refractivity contribution in [3.63, 3.8) is 0 Å². The van der Waals surface area contributed by atoms with E-state index < -0.39 is 15.9 Å². The summed E-state index contributed by atoms with van der Waals surface area (Å²) in [5.41, 5.74) is 5.17. The van der Waals surface area contributed by atoms with E-state index in [2.05, 4.69) is 10.5 Å². The first-order valence-corrected chi connectivity index (χ1v) is 13.2. The standard InChI is InChI=1S/C27H31N3O4S/c1-18-11-12-19(2)22(16-18)13-14-25-26(21(4)29-34-25)35(32,33)30-15-7-9-23(17-30)27(31)28-24-10-6-5-8-20(24)3/h5-6,8,10-14,16,23H,7,9,15,17H2,1-4H3,(H,28,31)/b14-13+/t23-/m1/s1. The van der Waals surface area contributed by atoms with Gasteiger partial charge in [-0.05, 0) is 69.4 Å². The van der Waals surface area contributed by atoms with Crippen LogP contribution in [-0.2, 0) is 14.8 Å². The largest absolute Gasteiger partial charge is 0.355 e. The molecule has 1 fully saturated rings. The minimum absolute atomic E-state index is 0.0546. The Kier molecular flexibility index (Phi) is 7.23. The van der Waals surface area contributed by atoms with E-state index in [4.69, 9.17) is 4.52 Å². The average Bonchev–Trinajstić information content (AvgIpc) is 3.22. The lowest BCUT2D eigenvalue weighted by Crippen LogP contribution is -2.44. The zero-order valence-electron chi connectivity index (χ0n) is 20.5. The first-order valence-electron chi connectivity index (χ1n) is 11.7. The lowest BCUT2D eigenvalue weighted by Gasteiger charge is -2.31.